The Kier molecular flexibility index (Phi) is 5.40. The normalized spacial score (nSPS) is 24.4. The molecule has 1 fully saturated rings. The molecule has 1 aliphatic rings. The maximum Gasteiger partial charge on any atom is 0.244 e. The van der Waals surface area contributed by atoms with Crippen molar-refractivity contribution < 1.29 is 8.42 Å². The molecular weight excluding hydrogens is 306 g/mol. The van der Waals surface area contributed by atoms with Crippen molar-refractivity contribution in [3.05, 3.63) is 18.0 Å². The van der Waals surface area contributed by atoms with Gasteiger partial charge in [-0.2, -0.15) is 16.1 Å². The van der Waals surface area contributed by atoms with Crippen LogP contribution in [-0.2, 0) is 23.6 Å². The molecule has 2 rings (SSSR count). The number of hydrogen-bond donors (Lipinski definition) is 1. The molecule has 2 atom stereocenters. The third-order valence-corrected chi connectivity index (χ3v) is 6.69. The number of rotatable bonds is 5. The standard InChI is InChI=1S/C14H25N3O2S2/c1-5-15-7-13-6-14(10-16(13)4)21(18,19)17-8-11(2)20-12(3)9-17/h6,10-12,15H,5,7-9H2,1-4H3. The molecule has 7 heteroatoms. The van der Waals surface area contributed by atoms with Gasteiger partial charge in [0.2, 0.25) is 10.0 Å². The lowest BCUT2D eigenvalue weighted by molar-refractivity contribution is 0.405. The highest BCUT2D eigenvalue weighted by Gasteiger charge is 2.32. The smallest absolute Gasteiger partial charge is 0.244 e. The minimum absolute atomic E-state index is 0.341. The van der Waals surface area contributed by atoms with E-state index in [0.717, 1.165) is 12.2 Å². The second-order valence-electron chi connectivity index (χ2n) is 5.64. The maximum absolute atomic E-state index is 12.8. The Bertz CT molecular complexity index is 573. The fraction of sp³-hybridized carbons (Fsp3) is 0.714. The molecule has 0 amide bonds. The summed E-state index contributed by atoms with van der Waals surface area (Å²) in [6, 6.07) is 1.79. The van der Waals surface area contributed by atoms with Gasteiger partial charge in [0.15, 0.2) is 0 Å². The summed E-state index contributed by atoms with van der Waals surface area (Å²) >= 11 is 1.85. The van der Waals surface area contributed by atoms with Crippen molar-refractivity contribution in [2.24, 2.45) is 7.05 Å². The summed E-state index contributed by atoms with van der Waals surface area (Å²) in [5, 5.41) is 3.91. The van der Waals surface area contributed by atoms with Crippen molar-refractivity contribution in [1.29, 1.82) is 0 Å². The SMILES string of the molecule is CCNCc1cc(S(=O)(=O)N2CC(C)SC(C)C2)cn1C. The lowest BCUT2D eigenvalue weighted by Gasteiger charge is -2.33. The van der Waals surface area contributed by atoms with Gasteiger partial charge in [-0.05, 0) is 12.6 Å². The van der Waals surface area contributed by atoms with Crippen LogP contribution in [0.1, 0.15) is 26.5 Å². The van der Waals surface area contributed by atoms with Crippen molar-refractivity contribution in [3.63, 3.8) is 0 Å². The van der Waals surface area contributed by atoms with Gasteiger partial charge in [-0.3, -0.25) is 0 Å². The molecule has 0 radical (unpaired) electrons. The van der Waals surface area contributed by atoms with E-state index >= 15 is 0 Å². The van der Waals surface area contributed by atoms with Crippen molar-refractivity contribution in [2.75, 3.05) is 19.6 Å². The van der Waals surface area contributed by atoms with Gasteiger partial charge in [-0.1, -0.05) is 20.8 Å². The van der Waals surface area contributed by atoms with E-state index in [0.29, 0.717) is 35.0 Å². The van der Waals surface area contributed by atoms with E-state index in [2.05, 4.69) is 19.2 Å². The molecule has 0 bridgehead atoms. The fourth-order valence-electron chi connectivity index (χ4n) is 2.62. The monoisotopic (exact) mass is 331 g/mol. The van der Waals surface area contributed by atoms with Crippen LogP contribution in [0.15, 0.2) is 17.2 Å². The van der Waals surface area contributed by atoms with Gasteiger partial charge < -0.3 is 9.88 Å². The van der Waals surface area contributed by atoms with E-state index in [4.69, 9.17) is 0 Å². The molecule has 1 aromatic rings. The highest BCUT2D eigenvalue weighted by Crippen LogP contribution is 2.29. The molecule has 0 saturated carbocycles. The van der Waals surface area contributed by atoms with Crippen LogP contribution >= 0.6 is 11.8 Å². The van der Waals surface area contributed by atoms with Crippen molar-refractivity contribution in [1.82, 2.24) is 14.2 Å². The molecule has 0 aliphatic carbocycles. The summed E-state index contributed by atoms with van der Waals surface area (Å²) in [5.74, 6) is 0. The zero-order valence-corrected chi connectivity index (χ0v) is 14.8. The number of aryl methyl sites for hydroxylation is 1. The average Bonchev–Trinajstić information content (AvgIpc) is 2.77. The Morgan fingerprint density at radius 1 is 1.33 bits per heavy atom. The number of hydrogen-bond acceptors (Lipinski definition) is 4. The van der Waals surface area contributed by atoms with Crippen molar-refractivity contribution >= 4 is 21.8 Å². The predicted octanol–water partition coefficient (Wildman–Crippen LogP) is 1.65. The molecule has 5 nitrogen and oxygen atoms in total. The summed E-state index contributed by atoms with van der Waals surface area (Å²) in [6.07, 6.45) is 1.72. The van der Waals surface area contributed by atoms with Crippen LogP contribution < -0.4 is 5.32 Å². The van der Waals surface area contributed by atoms with Crippen LogP contribution in [0.3, 0.4) is 0 Å². The zero-order valence-electron chi connectivity index (χ0n) is 13.2. The summed E-state index contributed by atoms with van der Waals surface area (Å²) in [5.41, 5.74) is 0.989. The Morgan fingerprint density at radius 3 is 2.52 bits per heavy atom. The van der Waals surface area contributed by atoms with Gasteiger partial charge in [0.25, 0.3) is 0 Å². The number of sulfonamides is 1. The molecule has 1 N–H and O–H groups in total. The van der Waals surface area contributed by atoms with E-state index in [-0.39, 0.29) is 0 Å². The minimum Gasteiger partial charge on any atom is -0.352 e. The number of thioether (sulfide) groups is 1. The Hall–Kier alpha value is -0.500. The molecule has 2 unspecified atom stereocenters. The van der Waals surface area contributed by atoms with Gasteiger partial charge in [0.1, 0.15) is 4.90 Å². The molecule has 1 saturated heterocycles. The zero-order chi connectivity index (χ0) is 15.6. The first-order valence-corrected chi connectivity index (χ1v) is 9.74. The molecule has 120 valence electrons. The van der Waals surface area contributed by atoms with Crippen LogP contribution in [-0.4, -0.2) is 47.4 Å². The first-order valence-electron chi connectivity index (χ1n) is 7.36. The van der Waals surface area contributed by atoms with Crippen molar-refractivity contribution in [3.8, 4) is 0 Å². The van der Waals surface area contributed by atoms with Gasteiger partial charge in [-0.15, -0.1) is 0 Å². The van der Waals surface area contributed by atoms with Crippen LogP contribution in [0.5, 0.6) is 0 Å². The van der Waals surface area contributed by atoms with E-state index in [1.807, 2.05) is 30.3 Å². The first kappa shape index (κ1) is 16.9. The lowest BCUT2D eigenvalue weighted by Crippen LogP contribution is -2.43. The number of aromatic nitrogens is 1. The Labute approximate surface area is 132 Å². The summed E-state index contributed by atoms with van der Waals surface area (Å²) in [6.45, 7) is 8.95. The average molecular weight is 332 g/mol. The van der Waals surface area contributed by atoms with Gasteiger partial charge in [0, 0.05) is 49.1 Å². The Morgan fingerprint density at radius 2 is 1.95 bits per heavy atom. The second-order valence-corrected chi connectivity index (χ2v) is 9.46. The first-order chi connectivity index (χ1) is 9.84. The number of nitrogens with one attached hydrogen (secondary N) is 1. The van der Waals surface area contributed by atoms with E-state index in [9.17, 15) is 8.42 Å². The van der Waals surface area contributed by atoms with Crippen LogP contribution in [0.4, 0.5) is 0 Å². The fourth-order valence-corrected chi connectivity index (χ4v) is 5.85. The van der Waals surface area contributed by atoms with Gasteiger partial charge in [0.05, 0.1) is 0 Å². The molecule has 1 aromatic heterocycles. The molecule has 1 aliphatic heterocycles. The third kappa shape index (κ3) is 3.83. The number of nitrogens with zero attached hydrogens (tertiary/aromatic N) is 2. The summed E-state index contributed by atoms with van der Waals surface area (Å²) in [7, 11) is -1.49. The predicted molar refractivity (Wildman–Crippen MR) is 88.1 cm³/mol. The van der Waals surface area contributed by atoms with E-state index in [1.54, 1.807) is 16.6 Å². The van der Waals surface area contributed by atoms with Gasteiger partial charge >= 0.3 is 0 Å². The summed E-state index contributed by atoms with van der Waals surface area (Å²) in [4.78, 5) is 0.407. The maximum atomic E-state index is 12.8. The van der Waals surface area contributed by atoms with E-state index in [1.165, 1.54) is 0 Å². The Balaban J connectivity index is 2.23. The molecule has 21 heavy (non-hydrogen) atoms. The van der Waals surface area contributed by atoms with Crippen molar-refractivity contribution in [2.45, 2.75) is 42.7 Å². The van der Waals surface area contributed by atoms with E-state index < -0.39 is 10.0 Å². The third-order valence-electron chi connectivity index (χ3n) is 3.66. The largest absolute Gasteiger partial charge is 0.352 e. The minimum atomic E-state index is -3.38. The molecule has 2 heterocycles. The van der Waals surface area contributed by atoms with Crippen LogP contribution in [0.2, 0.25) is 0 Å². The van der Waals surface area contributed by atoms with Gasteiger partial charge in [-0.25, -0.2) is 8.42 Å². The quantitative estimate of drug-likeness (QED) is 0.891. The lowest BCUT2D eigenvalue weighted by atomic mass is 10.4. The molecule has 0 spiro atoms. The highest BCUT2D eigenvalue weighted by atomic mass is 32.2. The summed E-state index contributed by atoms with van der Waals surface area (Å²) < 4.78 is 29.1. The van der Waals surface area contributed by atoms with Crippen LogP contribution in [0, 0.1) is 0 Å². The highest BCUT2D eigenvalue weighted by molar-refractivity contribution is 8.00. The molecular formula is C14H25N3O2S2. The van der Waals surface area contributed by atoms with Crippen LogP contribution in [0.25, 0.3) is 0 Å². The topological polar surface area (TPSA) is 54.3 Å². The molecule has 0 aromatic carbocycles. The second kappa shape index (κ2) is 6.73.